The molecule has 0 N–H and O–H groups in total. The van der Waals surface area contributed by atoms with Gasteiger partial charge in [-0.05, 0) is 29.8 Å². The lowest BCUT2D eigenvalue weighted by molar-refractivity contribution is -0.384. The van der Waals surface area contributed by atoms with Crippen molar-refractivity contribution >= 4 is 22.5 Å². The van der Waals surface area contributed by atoms with Gasteiger partial charge in [0.15, 0.2) is 0 Å². The van der Waals surface area contributed by atoms with E-state index in [1.807, 2.05) is 6.07 Å². The summed E-state index contributed by atoms with van der Waals surface area (Å²) >= 11 is 5.41. The summed E-state index contributed by atoms with van der Waals surface area (Å²) in [4.78, 5) is 21.3. The van der Waals surface area contributed by atoms with E-state index in [0.717, 1.165) is 6.07 Å². The van der Waals surface area contributed by atoms with E-state index in [-0.39, 0.29) is 17.0 Å². The Bertz CT molecular complexity index is 628. The number of hydrogen-bond donors (Lipinski definition) is 0. The molecule has 0 spiro atoms. The fourth-order valence-corrected chi connectivity index (χ4v) is 1.64. The molecular weight excluding hydrogens is 270 g/mol. The fourth-order valence-electron chi connectivity index (χ4n) is 1.49. The summed E-state index contributed by atoms with van der Waals surface area (Å²) in [6.07, 6.45) is 0. The average Bonchev–Trinajstić information content (AvgIpc) is 2.39. The summed E-state index contributed by atoms with van der Waals surface area (Å²) < 4.78 is 5.48. The number of para-hydroxylation sites is 1. The third kappa shape index (κ3) is 3.08. The van der Waals surface area contributed by atoms with E-state index in [2.05, 4.69) is 0 Å². The minimum Gasteiger partial charge on any atom is -0.457 e. The molecule has 0 aromatic heterocycles. The van der Waals surface area contributed by atoms with Crippen LogP contribution in [0.5, 0.6) is 11.5 Å². The lowest BCUT2D eigenvalue weighted by Crippen LogP contribution is -1.97. The Morgan fingerprint density at radius 1 is 1.16 bits per heavy atom. The van der Waals surface area contributed by atoms with Crippen LogP contribution < -0.4 is 4.74 Å². The third-order valence-corrected chi connectivity index (χ3v) is 2.56. The molecule has 2 rings (SSSR count). The van der Waals surface area contributed by atoms with E-state index in [1.165, 1.54) is 12.1 Å². The van der Waals surface area contributed by atoms with Gasteiger partial charge in [-0.3, -0.25) is 14.9 Å². The number of benzene rings is 2. The number of hydrogen-bond acceptors (Lipinski definition) is 4. The second-order valence-electron chi connectivity index (χ2n) is 3.63. The molecule has 0 saturated heterocycles. The highest BCUT2D eigenvalue weighted by molar-refractivity contribution is 6.68. The van der Waals surface area contributed by atoms with Crippen molar-refractivity contribution < 1.29 is 14.5 Å². The Kier molecular flexibility index (Phi) is 3.77. The highest BCUT2D eigenvalue weighted by Gasteiger charge is 2.16. The van der Waals surface area contributed by atoms with Crippen LogP contribution in [0.15, 0.2) is 48.5 Å². The Morgan fingerprint density at radius 3 is 2.42 bits per heavy atom. The molecule has 2 aromatic rings. The number of halogens is 1. The standard InChI is InChI=1S/C13H8ClNO4/c14-13(16)11-8-9(15(17)18)6-7-12(11)19-10-4-2-1-3-5-10/h1-8H. The molecule has 0 amide bonds. The summed E-state index contributed by atoms with van der Waals surface area (Å²) in [7, 11) is 0. The molecule has 0 radical (unpaired) electrons. The molecule has 19 heavy (non-hydrogen) atoms. The molecule has 0 atom stereocenters. The Labute approximate surface area is 113 Å². The first kappa shape index (κ1) is 13.0. The SMILES string of the molecule is O=C(Cl)c1cc([N+](=O)[O-])ccc1Oc1ccccc1. The van der Waals surface area contributed by atoms with Gasteiger partial charge in [0.05, 0.1) is 10.5 Å². The van der Waals surface area contributed by atoms with E-state index in [4.69, 9.17) is 16.3 Å². The second-order valence-corrected chi connectivity index (χ2v) is 3.97. The Balaban J connectivity index is 2.40. The van der Waals surface area contributed by atoms with Gasteiger partial charge in [0.1, 0.15) is 11.5 Å². The maximum absolute atomic E-state index is 11.3. The monoisotopic (exact) mass is 277 g/mol. The van der Waals surface area contributed by atoms with Crippen LogP contribution in [0.3, 0.4) is 0 Å². The zero-order chi connectivity index (χ0) is 13.8. The maximum atomic E-state index is 11.3. The number of ether oxygens (including phenoxy) is 1. The molecule has 6 heteroatoms. The van der Waals surface area contributed by atoms with Crippen molar-refractivity contribution in [2.75, 3.05) is 0 Å². The van der Waals surface area contributed by atoms with Gasteiger partial charge in [-0.15, -0.1) is 0 Å². The average molecular weight is 278 g/mol. The molecule has 0 aliphatic rings. The van der Waals surface area contributed by atoms with Gasteiger partial charge < -0.3 is 4.74 Å². The molecule has 0 bridgehead atoms. The number of nitro benzene ring substituents is 1. The highest BCUT2D eigenvalue weighted by Crippen LogP contribution is 2.29. The maximum Gasteiger partial charge on any atom is 0.270 e. The molecule has 0 fully saturated rings. The van der Waals surface area contributed by atoms with E-state index in [9.17, 15) is 14.9 Å². The van der Waals surface area contributed by atoms with E-state index < -0.39 is 10.2 Å². The summed E-state index contributed by atoms with van der Waals surface area (Å²) in [5, 5.41) is 9.85. The number of rotatable bonds is 4. The number of carbonyl (C=O) groups is 1. The number of nitrogens with zero attached hydrogens (tertiary/aromatic N) is 1. The topological polar surface area (TPSA) is 69.4 Å². The quantitative estimate of drug-likeness (QED) is 0.484. The van der Waals surface area contributed by atoms with Crippen molar-refractivity contribution in [2.24, 2.45) is 0 Å². The van der Waals surface area contributed by atoms with Crippen LogP contribution in [0.1, 0.15) is 10.4 Å². The van der Waals surface area contributed by atoms with E-state index in [0.29, 0.717) is 5.75 Å². The van der Waals surface area contributed by atoms with Gasteiger partial charge in [-0.25, -0.2) is 0 Å². The molecule has 0 aliphatic carbocycles. The lowest BCUT2D eigenvalue weighted by atomic mass is 10.2. The summed E-state index contributed by atoms with van der Waals surface area (Å²) in [6.45, 7) is 0. The smallest absolute Gasteiger partial charge is 0.270 e. The summed E-state index contributed by atoms with van der Waals surface area (Å²) in [5.41, 5.74) is -0.260. The van der Waals surface area contributed by atoms with Crippen LogP contribution >= 0.6 is 11.6 Å². The lowest BCUT2D eigenvalue weighted by Gasteiger charge is -2.08. The predicted molar refractivity (Wildman–Crippen MR) is 69.8 cm³/mol. The van der Waals surface area contributed by atoms with Crippen molar-refractivity contribution in [2.45, 2.75) is 0 Å². The van der Waals surface area contributed by atoms with Gasteiger partial charge in [-0.2, -0.15) is 0 Å². The highest BCUT2D eigenvalue weighted by atomic mass is 35.5. The molecular formula is C13H8ClNO4. The van der Waals surface area contributed by atoms with Crippen LogP contribution in [0.4, 0.5) is 5.69 Å². The molecule has 0 aliphatic heterocycles. The van der Waals surface area contributed by atoms with Crippen molar-refractivity contribution in [1.29, 1.82) is 0 Å². The molecule has 0 saturated carbocycles. The van der Waals surface area contributed by atoms with Gasteiger partial charge in [0.25, 0.3) is 10.9 Å². The zero-order valence-corrected chi connectivity index (χ0v) is 10.3. The zero-order valence-electron chi connectivity index (χ0n) is 9.58. The van der Waals surface area contributed by atoms with Gasteiger partial charge in [0, 0.05) is 12.1 Å². The summed E-state index contributed by atoms with van der Waals surface area (Å²) in [5.74, 6) is 0.687. The van der Waals surface area contributed by atoms with Gasteiger partial charge in [0.2, 0.25) is 0 Å². The van der Waals surface area contributed by atoms with Gasteiger partial charge in [-0.1, -0.05) is 18.2 Å². The van der Waals surface area contributed by atoms with Crippen molar-refractivity contribution in [3.63, 3.8) is 0 Å². The Morgan fingerprint density at radius 2 is 1.84 bits per heavy atom. The number of nitro groups is 1. The molecule has 2 aromatic carbocycles. The Hall–Kier alpha value is -2.40. The third-order valence-electron chi connectivity index (χ3n) is 2.36. The molecule has 96 valence electrons. The molecule has 0 heterocycles. The number of carbonyl (C=O) groups excluding carboxylic acids is 1. The minimum absolute atomic E-state index is 0.0419. The van der Waals surface area contributed by atoms with Crippen LogP contribution in [0, 0.1) is 10.1 Å². The predicted octanol–water partition coefficient (Wildman–Crippen LogP) is 3.77. The van der Waals surface area contributed by atoms with Crippen LogP contribution in [-0.2, 0) is 0 Å². The normalized spacial score (nSPS) is 9.95. The molecule has 5 nitrogen and oxygen atoms in total. The van der Waals surface area contributed by atoms with Crippen LogP contribution in [0.2, 0.25) is 0 Å². The van der Waals surface area contributed by atoms with E-state index >= 15 is 0 Å². The van der Waals surface area contributed by atoms with Crippen molar-refractivity contribution in [3.05, 3.63) is 64.2 Å². The second kappa shape index (κ2) is 5.49. The number of non-ortho nitro benzene ring substituents is 1. The first-order chi connectivity index (χ1) is 9.08. The van der Waals surface area contributed by atoms with Crippen molar-refractivity contribution in [1.82, 2.24) is 0 Å². The first-order valence-corrected chi connectivity index (χ1v) is 5.67. The largest absolute Gasteiger partial charge is 0.457 e. The van der Waals surface area contributed by atoms with Crippen LogP contribution in [-0.4, -0.2) is 10.2 Å². The fraction of sp³-hybridized carbons (Fsp3) is 0. The van der Waals surface area contributed by atoms with Crippen molar-refractivity contribution in [3.8, 4) is 11.5 Å². The van der Waals surface area contributed by atoms with Gasteiger partial charge >= 0.3 is 0 Å². The van der Waals surface area contributed by atoms with Crippen LogP contribution in [0.25, 0.3) is 0 Å². The summed E-state index contributed by atoms with van der Waals surface area (Å²) in [6, 6.07) is 12.4. The minimum atomic E-state index is -0.811. The molecule has 0 unspecified atom stereocenters. The van der Waals surface area contributed by atoms with E-state index in [1.54, 1.807) is 24.3 Å². The first-order valence-electron chi connectivity index (χ1n) is 5.29.